The van der Waals surface area contributed by atoms with Crippen molar-refractivity contribution in [1.82, 2.24) is 4.57 Å². The Balaban J connectivity index is 2.05. The molecule has 0 unspecified atom stereocenters. The third kappa shape index (κ3) is 2.21. The van der Waals surface area contributed by atoms with Crippen molar-refractivity contribution in [1.29, 1.82) is 0 Å². The molecule has 1 heterocycles. The molecular formula is C22H13BrClN. The van der Waals surface area contributed by atoms with Gasteiger partial charge in [-0.3, -0.25) is 0 Å². The van der Waals surface area contributed by atoms with Gasteiger partial charge >= 0.3 is 0 Å². The molecule has 4 aromatic carbocycles. The predicted octanol–water partition coefficient (Wildman–Crippen LogP) is 7.35. The number of fused-ring (bicyclic) bond motifs is 4. The predicted molar refractivity (Wildman–Crippen MR) is 111 cm³/mol. The largest absolute Gasteiger partial charge is 0.307 e. The minimum atomic E-state index is 0.754. The van der Waals surface area contributed by atoms with Gasteiger partial charge in [-0.1, -0.05) is 76.1 Å². The summed E-state index contributed by atoms with van der Waals surface area (Å²) >= 11 is 10.3. The van der Waals surface area contributed by atoms with E-state index >= 15 is 0 Å². The van der Waals surface area contributed by atoms with Crippen LogP contribution in [0.25, 0.3) is 38.3 Å². The molecule has 3 heteroatoms. The second-order valence-corrected chi connectivity index (χ2v) is 7.45. The lowest BCUT2D eigenvalue weighted by Gasteiger charge is -2.13. The minimum absolute atomic E-state index is 0.754. The van der Waals surface area contributed by atoms with Crippen LogP contribution in [0.3, 0.4) is 0 Å². The summed E-state index contributed by atoms with van der Waals surface area (Å²) in [4.78, 5) is 0. The van der Waals surface area contributed by atoms with Gasteiger partial charge in [0.15, 0.2) is 0 Å². The van der Waals surface area contributed by atoms with E-state index in [4.69, 9.17) is 11.6 Å². The lowest BCUT2D eigenvalue weighted by Crippen LogP contribution is -1.96. The van der Waals surface area contributed by atoms with Crippen LogP contribution >= 0.6 is 27.5 Å². The van der Waals surface area contributed by atoms with E-state index in [1.807, 2.05) is 6.07 Å². The van der Waals surface area contributed by atoms with Gasteiger partial charge in [0.1, 0.15) is 0 Å². The molecule has 0 spiro atoms. The Hall–Kier alpha value is -2.29. The summed E-state index contributed by atoms with van der Waals surface area (Å²) in [6.45, 7) is 0. The van der Waals surface area contributed by atoms with Crippen LogP contribution < -0.4 is 0 Å². The fraction of sp³-hybridized carbons (Fsp3) is 0. The van der Waals surface area contributed by atoms with Gasteiger partial charge in [0.25, 0.3) is 0 Å². The maximum absolute atomic E-state index is 6.70. The highest BCUT2D eigenvalue weighted by molar-refractivity contribution is 9.10. The minimum Gasteiger partial charge on any atom is -0.307 e. The number of aromatic nitrogens is 1. The van der Waals surface area contributed by atoms with Crippen LogP contribution in [0.15, 0.2) is 83.3 Å². The Labute approximate surface area is 158 Å². The molecule has 0 aliphatic carbocycles. The van der Waals surface area contributed by atoms with Gasteiger partial charge in [0.2, 0.25) is 0 Å². The summed E-state index contributed by atoms with van der Waals surface area (Å²) in [7, 11) is 0. The van der Waals surface area contributed by atoms with Crippen LogP contribution in [-0.2, 0) is 0 Å². The lowest BCUT2D eigenvalue weighted by molar-refractivity contribution is 1.20. The standard InChI is InChI=1S/C22H13BrClN/c23-15-10-12-21-18(13-15)17-7-3-4-8-20(17)25(21)22-16-6-2-1-5-14(16)9-11-19(22)24/h1-13H. The Kier molecular flexibility index (Phi) is 3.37. The van der Waals surface area contributed by atoms with Crippen molar-refractivity contribution in [3.8, 4) is 5.69 Å². The van der Waals surface area contributed by atoms with Crippen molar-refractivity contribution in [2.24, 2.45) is 0 Å². The number of hydrogen-bond acceptors (Lipinski definition) is 0. The number of para-hydroxylation sites is 1. The molecule has 1 nitrogen and oxygen atoms in total. The molecule has 0 N–H and O–H groups in total. The first-order valence-electron chi connectivity index (χ1n) is 8.10. The lowest BCUT2D eigenvalue weighted by atomic mass is 10.1. The molecule has 25 heavy (non-hydrogen) atoms. The van der Waals surface area contributed by atoms with Crippen molar-refractivity contribution in [3.05, 3.63) is 88.4 Å². The molecule has 0 saturated heterocycles. The third-order valence-corrected chi connectivity index (χ3v) is 5.51. The molecule has 0 bridgehead atoms. The van der Waals surface area contributed by atoms with Crippen LogP contribution in [0.1, 0.15) is 0 Å². The van der Waals surface area contributed by atoms with Crippen LogP contribution in [-0.4, -0.2) is 4.57 Å². The molecule has 0 fully saturated rings. The summed E-state index contributed by atoms with van der Waals surface area (Å²) in [5.74, 6) is 0. The summed E-state index contributed by atoms with van der Waals surface area (Å²) in [5, 5.41) is 5.53. The third-order valence-electron chi connectivity index (χ3n) is 4.71. The average Bonchev–Trinajstić information content (AvgIpc) is 2.95. The Morgan fingerprint density at radius 3 is 2.28 bits per heavy atom. The number of rotatable bonds is 1. The second-order valence-electron chi connectivity index (χ2n) is 6.13. The van der Waals surface area contributed by atoms with Gasteiger partial charge in [0, 0.05) is 20.6 Å². The topological polar surface area (TPSA) is 4.93 Å². The second kappa shape index (κ2) is 5.62. The van der Waals surface area contributed by atoms with E-state index in [0.29, 0.717) is 0 Å². The van der Waals surface area contributed by atoms with Crippen molar-refractivity contribution in [2.75, 3.05) is 0 Å². The van der Waals surface area contributed by atoms with E-state index in [0.717, 1.165) is 31.6 Å². The van der Waals surface area contributed by atoms with Gasteiger partial charge in [-0.25, -0.2) is 0 Å². The van der Waals surface area contributed by atoms with Gasteiger partial charge < -0.3 is 4.57 Å². The van der Waals surface area contributed by atoms with Gasteiger partial charge in [-0.15, -0.1) is 0 Å². The van der Waals surface area contributed by atoms with Crippen molar-refractivity contribution in [3.63, 3.8) is 0 Å². The molecule has 0 aliphatic heterocycles. The zero-order valence-electron chi connectivity index (χ0n) is 13.2. The molecule has 1 aromatic heterocycles. The zero-order valence-corrected chi connectivity index (χ0v) is 15.6. The Morgan fingerprint density at radius 2 is 1.40 bits per heavy atom. The van der Waals surface area contributed by atoms with E-state index in [1.54, 1.807) is 0 Å². The average molecular weight is 407 g/mol. The smallest absolute Gasteiger partial charge is 0.0726 e. The fourth-order valence-electron chi connectivity index (χ4n) is 3.64. The van der Waals surface area contributed by atoms with E-state index in [9.17, 15) is 0 Å². The quantitative estimate of drug-likeness (QED) is 0.274. The van der Waals surface area contributed by atoms with Gasteiger partial charge in [-0.05, 0) is 35.7 Å². The monoisotopic (exact) mass is 405 g/mol. The van der Waals surface area contributed by atoms with E-state index in [1.165, 1.54) is 16.2 Å². The molecule has 120 valence electrons. The molecule has 0 radical (unpaired) electrons. The SMILES string of the molecule is Clc1ccc2ccccc2c1-n1c2ccccc2c2cc(Br)ccc21. The van der Waals surface area contributed by atoms with E-state index in [2.05, 4.69) is 93.3 Å². The van der Waals surface area contributed by atoms with Crippen molar-refractivity contribution >= 4 is 60.1 Å². The van der Waals surface area contributed by atoms with Crippen LogP contribution in [0.5, 0.6) is 0 Å². The molecule has 0 amide bonds. The number of nitrogens with zero attached hydrogens (tertiary/aromatic N) is 1. The Bertz CT molecular complexity index is 1270. The highest BCUT2D eigenvalue weighted by Crippen LogP contribution is 2.38. The molecule has 0 atom stereocenters. The first-order valence-corrected chi connectivity index (χ1v) is 9.27. The first kappa shape index (κ1) is 15.0. The molecule has 0 aliphatic rings. The Morgan fingerprint density at radius 1 is 0.680 bits per heavy atom. The molecule has 5 aromatic rings. The van der Waals surface area contributed by atoms with Gasteiger partial charge in [0.05, 0.1) is 21.7 Å². The van der Waals surface area contributed by atoms with Crippen molar-refractivity contribution in [2.45, 2.75) is 0 Å². The van der Waals surface area contributed by atoms with Crippen LogP contribution in [0.4, 0.5) is 0 Å². The van der Waals surface area contributed by atoms with Gasteiger partial charge in [-0.2, -0.15) is 0 Å². The maximum Gasteiger partial charge on any atom is 0.0726 e. The molecule has 0 saturated carbocycles. The summed E-state index contributed by atoms with van der Waals surface area (Å²) in [6.07, 6.45) is 0. The highest BCUT2D eigenvalue weighted by Gasteiger charge is 2.16. The number of halogens is 2. The maximum atomic E-state index is 6.70. The van der Waals surface area contributed by atoms with E-state index in [-0.39, 0.29) is 0 Å². The number of benzene rings is 4. The summed E-state index contributed by atoms with van der Waals surface area (Å²) < 4.78 is 3.36. The summed E-state index contributed by atoms with van der Waals surface area (Å²) in [6, 6.07) is 27.3. The highest BCUT2D eigenvalue weighted by atomic mass is 79.9. The molecular weight excluding hydrogens is 394 g/mol. The fourth-order valence-corrected chi connectivity index (χ4v) is 4.25. The zero-order chi connectivity index (χ0) is 17.0. The normalized spacial score (nSPS) is 11.6. The first-order chi connectivity index (χ1) is 12.2. The van der Waals surface area contributed by atoms with Crippen LogP contribution in [0, 0.1) is 0 Å². The van der Waals surface area contributed by atoms with Crippen molar-refractivity contribution < 1.29 is 0 Å². The van der Waals surface area contributed by atoms with Crippen LogP contribution in [0.2, 0.25) is 5.02 Å². The number of hydrogen-bond donors (Lipinski definition) is 0. The summed E-state index contributed by atoms with van der Waals surface area (Å²) in [5.41, 5.74) is 3.35. The van der Waals surface area contributed by atoms with E-state index < -0.39 is 0 Å². The molecule has 5 rings (SSSR count).